The van der Waals surface area contributed by atoms with E-state index in [9.17, 15) is 14.4 Å². The van der Waals surface area contributed by atoms with Crippen molar-refractivity contribution >= 4 is 23.4 Å². The first-order valence-corrected chi connectivity index (χ1v) is 11.2. The molecule has 2 heterocycles. The van der Waals surface area contributed by atoms with Gasteiger partial charge in [-0.1, -0.05) is 12.1 Å². The van der Waals surface area contributed by atoms with Gasteiger partial charge in [-0.2, -0.15) is 0 Å². The molecule has 0 radical (unpaired) electrons. The lowest BCUT2D eigenvalue weighted by Gasteiger charge is -2.31. The third-order valence-corrected chi connectivity index (χ3v) is 6.80. The first-order chi connectivity index (χ1) is 15.5. The first-order valence-electron chi connectivity index (χ1n) is 11.2. The maximum Gasteiger partial charge on any atom is 0.272 e. The molecule has 7 nitrogen and oxygen atoms in total. The van der Waals surface area contributed by atoms with Crippen LogP contribution >= 0.6 is 0 Å². The minimum Gasteiger partial charge on any atom is -0.497 e. The number of carbonyl (C=O) groups excluding carboxylic acids is 3. The van der Waals surface area contributed by atoms with Gasteiger partial charge in [0.05, 0.1) is 12.5 Å². The summed E-state index contributed by atoms with van der Waals surface area (Å²) < 4.78 is 5.24. The SMILES string of the molecule is COc1ccc(C2(C(=O)N3CCCN3C(=O)c3ccc(N4CCCC4=O)cc3)CC2)cc1. The van der Waals surface area contributed by atoms with Crippen LogP contribution in [0.3, 0.4) is 0 Å². The summed E-state index contributed by atoms with van der Waals surface area (Å²) in [5, 5.41) is 3.22. The Morgan fingerprint density at radius 2 is 1.56 bits per heavy atom. The van der Waals surface area contributed by atoms with Crippen molar-refractivity contribution in [2.24, 2.45) is 0 Å². The van der Waals surface area contributed by atoms with Crippen LogP contribution in [0.1, 0.15) is 48.0 Å². The molecule has 3 aliphatic rings. The monoisotopic (exact) mass is 433 g/mol. The van der Waals surface area contributed by atoms with E-state index in [-0.39, 0.29) is 17.7 Å². The second kappa shape index (κ2) is 7.97. The maximum absolute atomic E-state index is 13.6. The Bertz CT molecular complexity index is 1040. The summed E-state index contributed by atoms with van der Waals surface area (Å²) in [6.45, 7) is 1.78. The molecule has 3 fully saturated rings. The normalized spacial score (nSPS) is 19.4. The highest BCUT2D eigenvalue weighted by Crippen LogP contribution is 2.50. The Morgan fingerprint density at radius 3 is 2.16 bits per heavy atom. The van der Waals surface area contributed by atoms with Crippen LogP contribution in [0.15, 0.2) is 48.5 Å². The molecule has 166 valence electrons. The number of amides is 3. The molecule has 2 aromatic rings. The first kappa shape index (κ1) is 20.5. The van der Waals surface area contributed by atoms with Crippen molar-refractivity contribution in [1.82, 2.24) is 10.0 Å². The van der Waals surface area contributed by atoms with Gasteiger partial charge in [-0.05, 0) is 67.6 Å². The number of ether oxygens (including phenoxy) is 1. The Hall–Kier alpha value is -3.35. The number of hydrogen-bond acceptors (Lipinski definition) is 4. The zero-order valence-electron chi connectivity index (χ0n) is 18.3. The van der Waals surface area contributed by atoms with Crippen LogP contribution < -0.4 is 9.64 Å². The average Bonchev–Trinajstić information content (AvgIpc) is 3.29. The molecule has 0 N–H and O–H groups in total. The molecule has 7 heteroatoms. The summed E-state index contributed by atoms with van der Waals surface area (Å²) in [6, 6.07) is 14.8. The zero-order valence-corrected chi connectivity index (χ0v) is 18.3. The largest absolute Gasteiger partial charge is 0.497 e. The maximum atomic E-state index is 13.6. The summed E-state index contributed by atoms with van der Waals surface area (Å²) in [6.07, 6.45) is 3.77. The summed E-state index contributed by atoms with van der Waals surface area (Å²) in [7, 11) is 1.62. The Labute approximate surface area is 187 Å². The number of nitrogens with zero attached hydrogens (tertiary/aromatic N) is 3. The van der Waals surface area contributed by atoms with Gasteiger partial charge in [0.25, 0.3) is 11.8 Å². The van der Waals surface area contributed by atoms with E-state index < -0.39 is 5.41 Å². The molecule has 0 aromatic heterocycles. The van der Waals surface area contributed by atoms with Gasteiger partial charge in [-0.15, -0.1) is 0 Å². The third kappa shape index (κ3) is 3.42. The van der Waals surface area contributed by atoms with Crippen molar-refractivity contribution in [3.8, 4) is 5.75 Å². The summed E-state index contributed by atoms with van der Waals surface area (Å²) in [5.74, 6) is 0.691. The van der Waals surface area contributed by atoms with Gasteiger partial charge in [-0.25, -0.2) is 5.01 Å². The quantitative estimate of drug-likeness (QED) is 0.726. The molecule has 5 rings (SSSR count). The number of benzene rings is 2. The van der Waals surface area contributed by atoms with E-state index >= 15 is 0 Å². The van der Waals surface area contributed by atoms with Crippen LogP contribution in [0.2, 0.25) is 0 Å². The average molecular weight is 434 g/mol. The molecule has 0 unspecified atom stereocenters. The number of hydrogen-bond donors (Lipinski definition) is 0. The lowest BCUT2D eigenvalue weighted by molar-refractivity contribution is -0.143. The number of rotatable bonds is 5. The van der Waals surface area contributed by atoms with Gasteiger partial charge in [0, 0.05) is 37.3 Å². The minimum absolute atomic E-state index is 0.00667. The zero-order chi connectivity index (χ0) is 22.3. The minimum atomic E-state index is -0.547. The second-order valence-electron chi connectivity index (χ2n) is 8.72. The summed E-state index contributed by atoms with van der Waals surface area (Å²) in [4.78, 5) is 40.5. The fourth-order valence-corrected chi connectivity index (χ4v) is 4.80. The summed E-state index contributed by atoms with van der Waals surface area (Å²) >= 11 is 0. The molecule has 2 saturated heterocycles. The highest BCUT2D eigenvalue weighted by Gasteiger charge is 2.55. The molecule has 2 aromatic carbocycles. The third-order valence-electron chi connectivity index (χ3n) is 6.80. The highest BCUT2D eigenvalue weighted by molar-refractivity contribution is 5.99. The molecule has 0 atom stereocenters. The molecule has 1 saturated carbocycles. The molecular weight excluding hydrogens is 406 g/mol. The van der Waals surface area contributed by atoms with E-state index in [2.05, 4.69) is 0 Å². The van der Waals surface area contributed by atoms with Crippen LogP contribution in [-0.2, 0) is 15.0 Å². The molecule has 2 aliphatic heterocycles. The van der Waals surface area contributed by atoms with Gasteiger partial charge in [0.1, 0.15) is 5.75 Å². The lowest BCUT2D eigenvalue weighted by Crippen LogP contribution is -2.48. The van der Waals surface area contributed by atoms with Gasteiger partial charge in [0.2, 0.25) is 5.91 Å². The summed E-state index contributed by atoms with van der Waals surface area (Å²) in [5.41, 5.74) is 1.77. The number of methoxy groups -OCH3 is 1. The van der Waals surface area contributed by atoms with E-state index in [1.54, 1.807) is 34.2 Å². The van der Waals surface area contributed by atoms with Gasteiger partial charge >= 0.3 is 0 Å². The number of carbonyl (C=O) groups is 3. The molecule has 3 amide bonds. The van der Waals surface area contributed by atoms with Gasteiger partial charge in [-0.3, -0.25) is 19.4 Å². The fourth-order valence-electron chi connectivity index (χ4n) is 4.80. The van der Waals surface area contributed by atoms with Crippen molar-refractivity contribution < 1.29 is 19.1 Å². The van der Waals surface area contributed by atoms with Crippen molar-refractivity contribution in [3.05, 3.63) is 59.7 Å². The Kier molecular flexibility index (Phi) is 5.12. The van der Waals surface area contributed by atoms with Crippen molar-refractivity contribution in [1.29, 1.82) is 0 Å². The van der Waals surface area contributed by atoms with Crippen molar-refractivity contribution in [3.63, 3.8) is 0 Å². The fraction of sp³-hybridized carbons (Fsp3) is 0.400. The van der Waals surface area contributed by atoms with E-state index in [1.165, 1.54) is 0 Å². The van der Waals surface area contributed by atoms with Crippen LogP contribution in [-0.4, -0.2) is 54.5 Å². The van der Waals surface area contributed by atoms with Crippen LogP contribution in [0.25, 0.3) is 0 Å². The van der Waals surface area contributed by atoms with Crippen LogP contribution in [0.4, 0.5) is 5.69 Å². The van der Waals surface area contributed by atoms with E-state index in [0.717, 1.165) is 42.7 Å². The number of hydrazine groups is 1. The van der Waals surface area contributed by atoms with Gasteiger partial charge in [0.15, 0.2) is 0 Å². The smallest absolute Gasteiger partial charge is 0.272 e. The molecule has 0 spiro atoms. The Balaban J connectivity index is 1.33. The van der Waals surface area contributed by atoms with Gasteiger partial charge < -0.3 is 9.64 Å². The topological polar surface area (TPSA) is 70.2 Å². The lowest BCUT2D eigenvalue weighted by atomic mass is 9.94. The molecule has 0 bridgehead atoms. The van der Waals surface area contributed by atoms with Crippen molar-refractivity contribution in [2.45, 2.75) is 37.5 Å². The Morgan fingerprint density at radius 1 is 0.875 bits per heavy atom. The standard InChI is InChI=1S/C25H27N3O4/c1-32-21-11-7-19(8-12-21)25(13-14-25)24(31)28-17-3-16-27(28)23(30)18-5-9-20(10-6-18)26-15-2-4-22(26)29/h5-12H,2-4,13-17H2,1H3. The van der Waals surface area contributed by atoms with Crippen LogP contribution in [0, 0.1) is 0 Å². The van der Waals surface area contributed by atoms with E-state index in [0.29, 0.717) is 31.6 Å². The van der Waals surface area contributed by atoms with E-state index in [1.807, 2.05) is 36.4 Å². The van der Waals surface area contributed by atoms with Crippen molar-refractivity contribution in [2.75, 3.05) is 31.6 Å². The van der Waals surface area contributed by atoms with Crippen LogP contribution in [0.5, 0.6) is 5.75 Å². The predicted octanol–water partition coefficient (Wildman–Crippen LogP) is 3.14. The molecule has 32 heavy (non-hydrogen) atoms. The predicted molar refractivity (Wildman–Crippen MR) is 119 cm³/mol. The second-order valence-corrected chi connectivity index (χ2v) is 8.72. The van der Waals surface area contributed by atoms with E-state index in [4.69, 9.17) is 4.74 Å². The number of anilines is 1. The molecular formula is C25H27N3O4. The highest BCUT2D eigenvalue weighted by atomic mass is 16.5. The molecule has 1 aliphatic carbocycles.